The van der Waals surface area contributed by atoms with Crippen LogP contribution in [0.15, 0.2) is 23.2 Å². The predicted octanol–water partition coefficient (Wildman–Crippen LogP) is 0.823. The Kier molecular flexibility index (Phi) is 2.87. The highest BCUT2D eigenvalue weighted by atomic mass is 16.5. The largest absolute Gasteiger partial charge is 0.370 e. The Morgan fingerprint density at radius 2 is 2.33 bits per heavy atom. The molecule has 6 heteroatoms. The zero-order chi connectivity index (χ0) is 10.5. The van der Waals surface area contributed by atoms with Gasteiger partial charge in [-0.05, 0) is 13.0 Å². The van der Waals surface area contributed by atoms with Crippen LogP contribution in [0.3, 0.4) is 0 Å². The third-order valence-corrected chi connectivity index (χ3v) is 1.84. The van der Waals surface area contributed by atoms with Crippen LogP contribution in [0.1, 0.15) is 11.6 Å². The molecule has 0 aromatic carbocycles. The molecular weight excluding hydrogens is 194 g/mol. The first kappa shape index (κ1) is 9.57. The third kappa shape index (κ3) is 2.73. The van der Waals surface area contributed by atoms with Gasteiger partial charge in [-0.15, -0.1) is 0 Å². The molecule has 2 rings (SSSR count). The summed E-state index contributed by atoms with van der Waals surface area (Å²) in [6, 6.07) is 1.82. The molecule has 0 bridgehead atoms. The minimum Gasteiger partial charge on any atom is -0.370 e. The second-order valence-corrected chi connectivity index (χ2v) is 3.01. The molecule has 0 aliphatic rings. The van der Waals surface area contributed by atoms with E-state index in [1.165, 1.54) is 6.39 Å². The minimum absolute atomic E-state index is 0.688. The van der Waals surface area contributed by atoms with Crippen molar-refractivity contribution in [1.29, 1.82) is 0 Å². The quantitative estimate of drug-likeness (QED) is 0.796. The summed E-state index contributed by atoms with van der Waals surface area (Å²) >= 11 is 0. The Hall–Kier alpha value is -1.98. The summed E-state index contributed by atoms with van der Waals surface area (Å²) in [5, 5.41) is 6.86. The van der Waals surface area contributed by atoms with Crippen LogP contribution in [-0.4, -0.2) is 26.7 Å². The first-order valence-corrected chi connectivity index (χ1v) is 4.63. The molecule has 0 aliphatic heterocycles. The van der Waals surface area contributed by atoms with E-state index in [0.29, 0.717) is 12.2 Å². The van der Waals surface area contributed by atoms with Gasteiger partial charge >= 0.3 is 0 Å². The van der Waals surface area contributed by atoms with Crippen molar-refractivity contribution in [3.05, 3.63) is 30.3 Å². The number of anilines is 1. The van der Waals surface area contributed by atoms with Gasteiger partial charge in [0.1, 0.15) is 11.6 Å². The highest BCUT2D eigenvalue weighted by Gasteiger charge is 1.98. The average molecular weight is 205 g/mol. The molecule has 0 radical (unpaired) electrons. The van der Waals surface area contributed by atoms with E-state index in [9.17, 15) is 0 Å². The predicted molar refractivity (Wildman–Crippen MR) is 53.3 cm³/mol. The third-order valence-electron chi connectivity index (χ3n) is 1.84. The smallest absolute Gasteiger partial charge is 0.213 e. The monoisotopic (exact) mass is 205 g/mol. The van der Waals surface area contributed by atoms with Crippen molar-refractivity contribution in [2.24, 2.45) is 0 Å². The normalized spacial score (nSPS) is 10.2. The fraction of sp³-hybridized carbons (Fsp3) is 0.333. The molecule has 0 saturated heterocycles. The first-order chi connectivity index (χ1) is 7.34. The summed E-state index contributed by atoms with van der Waals surface area (Å²) in [4.78, 5) is 12.1. The number of nitrogens with zero attached hydrogens (tertiary/aromatic N) is 4. The van der Waals surface area contributed by atoms with Crippen LogP contribution in [0.4, 0.5) is 5.82 Å². The molecule has 2 heterocycles. The lowest BCUT2D eigenvalue weighted by atomic mass is 10.4. The van der Waals surface area contributed by atoms with Gasteiger partial charge in [0.2, 0.25) is 6.39 Å². The first-order valence-electron chi connectivity index (χ1n) is 4.63. The van der Waals surface area contributed by atoms with Crippen molar-refractivity contribution in [2.45, 2.75) is 13.3 Å². The van der Waals surface area contributed by atoms with Crippen LogP contribution >= 0.6 is 0 Å². The van der Waals surface area contributed by atoms with Crippen LogP contribution < -0.4 is 5.32 Å². The zero-order valence-electron chi connectivity index (χ0n) is 8.34. The molecule has 0 amide bonds. The van der Waals surface area contributed by atoms with Gasteiger partial charge in [0.25, 0.3) is 0 Å². The van der Waals surface area contributed by atoms with Crippen molar-refractivity contribution in [1.82, 2.24) is 20.1 Å². The van der Waals surface area contributed by atoms with Gasteiger partial charge < -0.3 is 9.84 Å². The Balaban J connectivity index is 1.83. The second-order valence-electron chi connectivity index (χ2n) is 3.01. The van der Waals surface area contributed by atoms with Gasteiger partial charge in [-0.25, -0.2) is 9.97 Å². The van der Waals surface area contributed by atoms with Gasteiger partial charge in [0.15, 0.2) is 5.82 Å². The SMILES string of the molecule is Cc1nccc(NCCc2ncon2)n1. The van der Waals surface area contributed by atoms with Crippen molar-refractivity contribution >= 4 is 5.82 Å². The van der Waals surface area contributed by atoms with Crippen molar-refractivity contribution in [3.8, 4) is 0 Å². The van der Waals surface area contributed by atoms with E-state index in [4.69, 9.17) is 0 Å². The molecule has 6 nitrogen and oxygen atoms in total. The van der Waals surface area contributed by atoms with Crippen molar-refractivity contribution < 1.29 is 4.52 Å². The van der Waals surface area contributed by atoms with Gasteiger partial charge in [-0.3, -0.25) is 0 Å². The molecular formula is C9H11N5O. The summed E-state index contributed by atoms with van der Waals surface area (Å²) in [6.07, 6.45) is 3.75. The van der Waals surface area contributed by atoms with Crippen LogP contribution in [-0.2, 0) is 6.42 Å². The summed E-state index contributed by atoms with van der Waals surface area (Å²) in [5.41, 5.74) is 0. The molecule has 0 aliphatic carbocycles. The lowest BCUT2D eigenvalue weighted by Crippen LogP contribution is -2.07. The minimum atomic E-state index is 0.688. The van der Waals surface area contributed by atoms with Gasteiger partial charge in [0.05, 0.1) is 0 Å². The Morgan fingerprint density at radius 1 is 1.40 bits per heavy atom. The van der Waals surface area contributed by atoms with E-state index in [2.05, 4.69) is 29.9 Å². The van der Waals surface area contributed by atoms with Gasteiger partial charge in [0, 0.05) is 19.2 Å². The van der Waals surface area contributed by atoms with E-state index < -0.39 is 0 Å². The summed E-state index contributed by atoms with van der Waals surface area (Å²) in [7, 11) is 0. The molecule has 2 aromatic heterocycles. The number of hydrogen-bond donors (Lipinski definition) is 1. The number of hydrogen-bond acceptors (Lipinski definition) is 6. The molecule has 0 fully saturated rings. The van der Waals surface area contributed by atoms with Crippen molar-refractivity contribution in [2.75, 3.05) is 11.9 Å². The van der Waals surface area contributed by atoms with Crippen LogP contribution in [0.5, 0.6) is 0 Å². The topological polar surface area (TPSA) is 76.7 Å². The second kappa shape index (κ2) is 4.50. The Bertz CT molecular complexity index is 414. The lowest BCUT2D eigenvalue weighted by molar-refractivity contribution is 0.410. The molecule has 0 atom stereocenters. The molecule has 0 spiro atoms. The number of aromatic nitrogens is 4. The number of aryl methyl sites for hydroxylation is 1. The van der Waals surface area contributed by atoms with Crippen LogP contribution in [0, 0.1) is 6.92 Å². The van der Waals surface area contributed by atoms with E-state index in [-0.39, 0.29) is 0 Å². The summed E-state index contributed by atoms with van der Waals surface area (Å²) < 4.78 is 4.62. The maximum absolute atomic E-state index is 4.62. The Morgan fingerprint density at radius 3 is 3.07 bits per heavy atom. The molecule has 0 unspecified atom stereocenters. The van der Waals surface area contributed by atoms with Crippen molar-refractivity contribution in [3.63, 3.8) is 0 Å². The molecule has 1 N–H and O–H groups in total. The summed E-state index contributed by atoms with van der Waals surface area (Å²) in [5.74, 6) is 2.25. The Labute approximate surface area is 86.8 Å². The van der Waals surface area contributed by atoms with Gasteiger partial charge in [-0.2, -0.15) is 4.98 Å². The van der Waals surface area contributed by atoms with Crippen LogP contribution in [0.25, 0.3) is 0 Å². The van der Waals surface area contributed by atoms with E-state index >= 15 is 0 Å². The van der Waals surface area contributed by atoms with E-state index in [0.717, 1.165) is 18.2 Å². The highest BCUT2D eigenvalue weighted by molar-refractivity contribution is 5.32. The molecule has 0 saturated carbocycles. The maximum atomic E-state index is 4.62. The molecule has 78 valence electrons. The zero-order valence-corrected chi connectivity index (χ0v) is 8.34. The van der Waals surface area contributed by atoms with Gasteiger partial charge in [-0.1, -0.05) is 5.16 Å². The standard InChI is InChI=1S/C9H11N5O/c1-7-10-4-2-8(13-7)11-5-3-9-12-6-15-14-9/h2,4,6H,3,5H2,1H3,(H,10,11,13). The fourth-order valence-electron chi connectivity index (χ4n) is 1.16. The number of nitrogens with one attached hydrogen (secondary N) is 1. The van der Waals surface area contributed by atoms with Crippen LogP contribution in [0.2, 0.25) is 0 Å². The average Bonchev–Trinajstić information content (AvgIpc) is 2.71. The molecule has 15 heavy (non-hydrogen) atoms. The van der Waals surface area contributed by atoms with E-state index in [1.54, 1.807) is 6.20 Å². The lowest BCUT2D eigenvalue weighted by Gasteiger charge is -2.03. The highest BCUT2D eigenvalue weighted by Crippen LogP contribution is 2.01. The van der Waals surface area contributed by atoms with E-state index in [1.807, 2.05) is 13.0 Å². The maximum Gasteiger partial charge on any atom is 0.213 e. The molecule has 2 aromatic rings. The fourth-order valence-corrected chi connectivity index (χ4v) is 1.16. The summed E-state index contributed by atoms with van der Waals surface area (Å²) in [6.45, 7) is 2.57. The number of rotatable bonds is 4.